The van der Waals surface area contributed by atoms with Crippen LogP contribution >= 0.6 is 0 Å². The molecule has 2 unspecified atom stereocenters. The van der Waals surface area contributed by atoms with Gasteiger partial charge in [-0.05, 0) is 49.0 Å². The third-order valence-corrected chi connectivity index (χ3v) is 3.68. The minimum absolute atomic E-state index is 0.641. The molecule has 1 nitrogen and oxygen atoms in total. The molecule has 0 radical (unpaired) electrons. The molecule has 1 N–H and O–H groups in total. The van der Waals surface area contributed by atoms with Crippen LogP contribution in [0.5, 0.6) is 0 Å². The average Bonchev–Trinajstić information content (AvgIpc) is 2.58. The molecule has 0 aliphatic heterocycles. The first-order valence-electron chi connectivity index (χ1n) is 5.80. The van der Waals surface area contributed by atoms with Gasteiger partial charge in [0.1, 0.15) is 0 Å². The van der Waals surface area contributed by atoms with E-state index in [0.29, 0.717) is 5.41 Å². The maximum atomic E-state index is 3.61. The zero-order valence-corrected chi connectivity index (χ0v) is 9.27. The lowest BCUT2D eigenvalue weighted by Gasteiger charge is -2.26. The summed E-state index contributed by atoms with van der Waals surface area (Å²) >= 11 is 0. The Kier molecular flexibility index (Phi) is 2.39. The normalized spacial score (nSPS) is 42.5. The average molecular weight is 181 g/mol. The summed E-state index contributed by atoms with van der Waals surface area (Å²) in [4.78, 5) is 0. The van der Waals surface area contributed by atoms with E-state index in [9.17, 15) is 0 Å². The third kappa shape index (κ3) is 2.25. The maximum absolute atomic E-state index is 3.61. The Morgan fingerprint density at radius 2 is 1.92 bits per heavy atom. The summed E-state index contributed by atoms with van der Waals surface area (Å²) in [5.74, 6) is 3.02. The van der Waals surface area contributed by atoms with E-state index in [4.69, 9.17) is 0 Å². The van der Waals surface area contributed by atoms with Gasteiger partial charge in [0.15, 0.2) is 0 Å². The monoisotopic (exact) mass is 181 g/mol. The standard InChI is InChI=1S/C12H23N/c1-9(2)7-13-8-12(3)5-10-4-11(10)6-12/h9-11,13H,4-8H2,1-3H3. The van der Waals surface area contributed by atoms with E-state index in [1.807, 2.05) is 0 Å². The summed E-state index contributed by atoms with van der Waals surface area (Å²) in [7, 11) is 0. The Hall–Kier alpha value is -0.0400. The van der Waals surface area contributed by atoms with Gasteiger partial charge in [-0.3, -0.25) is 0 Å². The first-order chi connectivity index (χ1) is 6.09. The van der Waals surface area contributed by atoms with Gasteiger partial charge in [0.25, 0.3) is 0 Å². The van der Waals surface area contributed by atoms with Gasteiger partial charge in [0.05, 0.1) is 0 Å². The van der Waals surface area contributed by atoms with Crippen molar-refractivity contribution in [2.45, 2.75) is 40.0 Å². The number of rotatable bonds is 4. The summed E-state index contributed by atoms with van der Waals surface area (Å²) in [6, 6.07) is 0. The predicted molar refractivity (Wildman–Crippen MR) is 56.6 cm³/mol. The fourth-order valence-corrected chi connectivity index (χ4v) is 2.97. The largest absolute Gasteiger partial charge is 0.316 e. The Bertz CT molecular complexity index is 176. The minimum Gasteiger partial charge on any atom is -0.316 e. The lowest BCUT2D eigenvalue weighted by molar-refractivity contribution is 0.278. The number of hydrogen-bond acceptors (Lipinski definition) is 1. The van der Waals surface area contributed by atoms with Crippen molar-refractivity contribution in [1.82, 2.24) is 5.32 Å². The van der Waals surface area contributed by atoms with Gasteiger partial charge in [-0.2, -0.15) is 0 Å². The summed E-state index contributed by atoms with van der Waals surface area (Å²) in [6.07, 6.45) is 4.52. The van der Waals surface area contributed by atoms with Crippen molar-refractivity contribution in [3.63, 3.8) is 0 Å². The lowest BCUT2D eigenvalue weighted by atomic mass is 9.85. The molecule has 0 spiro atoms. The molecule has 2 fully saturated rings. The first-order valence-corrected chi connectivity index (χ1v) is 5.80. The highest BCUT2D eigenvalue weighted by Crippen LogP contribution is 2.59. The highest BCUT2D eigenvalue weighted by atomic mass is 14.9. The van der Waals surface area contributed by atoms with Crippen LogP contribution in [0.1, 0.15) is 40.0 Å². The quantitative estimate of drug-likeness (QED) is 0.703. The summed E-state index contributed by atoms with van der Waals surface area (Å²) in [6.45, 7) is 9.46. The topological polar surface area (TPSA) is 12.0 Å². The molecule has 2 aliphatic rings. The van der Waals surface area contributed by atoms with Gasteiger partial charge >= 0.3 is 0 Å². The smallest absolute Gasteiger partial charge is 0.000548 e. The molecular formula is C12H23N. The van der Waals surface area contributed by atoms with E-state index < -0.39 is 0 Å². The Balaban J connectivity index is 1.69. The molecule has 2 aliphatic carbocycles. The van der Waals surface area contributed by atoms with E-state index in [-0.39, 0.29) is 0 Å². The van der Waals surface area contributed by atoms with E-state index in [1.54, 1.807) is 6.42 Å². The molecule has 0 aromatic carbocycles. The van der Waals surface area contributed by atoms with Crippen LogP contribution in [0.3, 0.4) is 0 Å². The number of nitrogens with one attached hydrogen (secondary N) is 1. The molecule has 13 heavy (non-hydrogen) atoms. The minimum atomic E-state index is 0.641. The molecule has 0 saturated heterocycles. The van der Waals surface area contributed by atoms with Gasteiger partial charge in [-0.15, -0.1) is 0 Å². The highest BCUT2D eigenvalue weighted by molar-refractivity contribution is 5.02. The van der Waals surface area contributed by atoms with E-state index in [0.717, 1.165) is 17.8 Å². The number of hydrogen-bond donors (Lipinski definition) is 1. The molecule has 2 rings (SSSR count). The zero-order valence-electron chi connectivity index (χ0n) is 9.27. The molecular weight excluding hydrogens is 158 g/mol. The van der Waals surface area contributed by atoms with E-state index >= 15 is 0 Å². The second-order valence-corrected chi connectivity index (χ2v) is 6.00. The SMILES string of the molecule is CC(C)CNCC1(C)CC2CC2C1. The second kappa shape index (κ2) is 3.27. The van der Waals surface area contributed by atoms with Crippen molar-refractivity contribution < 1.29 is 0 Å². The van der Waals surface area contributed by atoms with Crippen molar-refractivity contribution in [1.29, 1.82) is 0 Å². The molecule has 0 heterocycles. The summed E-state index contributed by atoms with van der Waals surface area (Å²) in [5.41, 5.74) is 0.641. The van der Waals surface area contributed by atoms with Crippen LogP contribution in [0.15, 0.2) is 0 Å². The Morgan fingerprint density at radius 3 is 2.46 bits per heavy atom. The lowest BCUT2D eigenvalue weighted by Crippen LogP contribution is -2.32. The molecule has 2 atom stereocenters. The summed E-state index contributed by atoms with van der Waals surface area (Å²) < 4.78 is 0. The fraction of sp³-hybridized carbons (Fsp3) is 1.00. The van der Waals surface area contributed by atoms with Crippen molar-refractivity contribution in [2.75, 3.05) is 13.1 Å². The Morgan fingerprint density at radius 1 is 1.31 bits per heavy atom. The van der Waals surface area contributed by atoms with E-state index in [2.05, 4.69) is 26.1 Å². The van der Waals surface area contributed by atoms with E-state index in [1.165, 1.54) is 25.9 Å². The van der Waals surface area contributed by atoms with Crippen LogP contribution in [0.25, 0.3) is 0 Å². The van der Waals surface area contributed by atoms with Crippen LogP contribution < -0.4 is 5.32 Å². The van der Waals surface area contributed by atoms with Crippen molar-refractivity contribution in [2.24, 2.45) is 23.2 Å². The maximum Gasteiger partial charge on any atom is 0.000548 e. The third-order valence-electron chi connectivity index (χ3n) is 3.68. The van der Waals surface area contributed by atoms with Crippen LogP contribution in [0.2, 0.25) is 0 Å². The van der Waals surface area contributed by atoms with Gasteiger partial charge in [0, 0.05) is 6.54 Å². The Labute approximate surface area is 82.3 Å². The van der Waals surface area contributed by atoms with Gasteiger partial charge < -0.3 is 5.32 Å². The van der Waals surface area contributed by atoms with Gasteiger partial charge in [0.2, 0.25) is 0 Å². The van der Waals surface area contributed by atoms with Gasteiger partial charge in [-0.1, -0.05) is 20.8 Å². The molecule has 1 heteroatoms. The molecule has 76 valence electrons. The summed E-state index contributed by atoms with van der Waals surface area (Å²) in [5, 5.41) is 3.61. The first kappa shape index (κ1) is 9.51. The molecule has 2 saturated carbocycles. The molecule has 0 aromatic rings. The van der Waals surface area contributed by atoms with Gasteiger partial charge in [-0.25, -0.2) is 0 Å². The molecule has 0 bridgehead atoms. The van der Waals surface area contributed by atoms with Crippen LogP contribution in [-0.2, 0) is 0 Å². The fourth-order valence-electron chi connectivity index (χ4n) is 2.97. The van der Waals surface area contributed by atoms with Crippen LogP contribution in [0.4, 0.5) is 0 Å². The second-order valence-electron chi connectivity index (χ2n) is 6.00. The van der Waals surface area contributed by atoms with Crippen LogP contribution in [-0.4, -0.2) is 13.1 Å². The molecule has 0 aromatic heterocycles. The predicted octanol–water partition coefficient (Wildman–Crippen LogP) is 2.67. The molecule has 0 amide bonds. The van der Waals surface area contributed by atoms with Crippen molar-refractivity contribution >= 4 is 0 Å². The van der Waals surface area contributed by atoms with Crippen molar-refractivity contribution in [3.8, 4) is 0 Å². The van der Waals surface area contributed by atoms with Crippen molar-refractivity contribution in [3.05, 3.63) is 0 Å². The highest BCUT2D eigenvalue weighted by Gasteiger charge is 2.51. The van der Waals surface area contributed by atoms with Crippen LogP contribution in [0, 0.1) is 23.2 Å². The zero-order chi connectivity index (χ0) is 9.47. The number of fused-ring (bicyclic) bond motifs is 1.